The number of hydrogen-bond acceptors (Lipinski definition) is 3. The van der Waals surface area contributed by atoms with Crippen molar-refractivity contribution in [1.29, 1.82) is 0 Å². The Morgan fingerprint density at radius 2 is 2.00 bits per heavy atom. The predicted octanol–water partition coefficient (Wildman–Crippen LogP) is 1.14. The number of nitrogens with two attached hydrogens (primary N) is 1. The van der Waals surface area contributed by atoms with Crippen LogP contribution in [0, 0.1) is 5.92 Å². The molecule has 0 spiro atoms. The predicted molar refractivity (Wildman–Crippen MR) is 66.5 cm³/mol. The molecule has 2 aliphatic rings. The van der Waals surface area contributed by atoms with Gasteiger partial charge in [-0.1, -0.05) is 6.92 Å². The van der Waals surface area contributed by atoms with Gasteiger partial charge in [-0.05, 0) is 32.1 Å². The van der Waals surface area contributed by atoms with E-state index in [1.165, 1.54) is 0 Å². The van der Waals surface area contributed by atoms with Crippen LogP contribution in [-0.4, -0.2) is 42.1 Å². The highest BCUT2D eigenvalue weighted by Crippen LogP contribution is 2.28. The van der Waals surface area contributed by atoms with Crippen LogP contribution in [0.2, 0.25) is 0 Å². The molecule has 0 saturated carbocycles. The molecule has 2 atom stereocenters. The van der Waals surface area contributed by atoms with Crippen LogP contribution in [0.5, 0.6) is 0 Å². The van der Waals surface area contributed by atoms with Crippen LogP contribution in [0.3, 0.4) is 0 Å². The SMILES string of the molecule is CC1CCN(C(=O)C2(C)CC(N)CCO2)CC1. The van der Waals surface area contributed by atoms with Crippen molar-refractivity contribution in [3.8, 4) is 0 Å². The Labute approximate surface area is 103 Å². The molecule has 2 rings (SSSR count). The zero-order chi connectivity index (χ0) is 12.5. The largest absolute Gasteiger partial charge is 0.365 e. The Morgan fingerprint density at radius 3 is 2.59 bits per heavy atom. The number of hydrogen-bond donors (Lipinski definition) is 1. The molecule has 0 aromatic carbocycles. The van der Waals surface area contributed by atoms with E-state index in [2.05, 4.69) is 6.92 Å². The van der Waals surface area contributed by atoms with Gasteiger partial charge in [-0.25, -0.2) is 0 Å². The maximum atomic E-state index is 12.5. The van der Waals surface area contributed by atoms with E-state index in [1.807, 2.05) is 11.8 Å². The van der Waals surface area contributed by atoms with E-state index in [0.29, 0.717) is 13.0 Å². The Bertz CT molecular complexity index is 287. The summed E-state index contributed by atoms with van der Waals surface area (Å²) in [5.74, 6) is 0.876. The minimum absolute atomic E-state index is 0.0985. The third-order valence-electron chi connectivity index (χ3n) is 4.08. The molecule has 4 nitrogen and oxygen atoms in total. The number of carbonyl (C=O) groups excluding carboxylic acids is 1. The standard InChI is InChI=1S/C13H24N2O2/c1-10-3-6-15(7-4-10)12(16)13(2)9-11(14)5-8-17-13/h10-11H,3-9,14H2,1-2H3. The van der Waals surface area contributed by atoms with E-state index < -0.39 is 5.60 Å². The van der Waals surface area contributed by atoms with Gasteiger partial charge in [-0.15, -0.1) is 0 Å². The Morgan fingerprint density at radius 1 is 1.35 bits per heavy atom. The van der Waals surface area contributed by atoms with Crippen molar-refractivity contribution in [2.24, 2.45) is 11.7 Å². The normalized spacial score (nSPS) is 35.9. The second-order valence-electron chi connectivity index (χ2n) is 5.81. The maximum absolute atomic E-state index is 12.5. The van der Waals surface area contributed by atoms with Crippen molar-refractivity contribution in [2.45, 2.75) is 51.2 Å². The van der Waals surface area contributed by atoms with Crippen LogP contribution in [0.15, 0.2) is 0 Å². The van der Waals surface area contributed by atoms with Crippen LogP contribution in [-0.2, 0) is 9.53 Å². The highest BCUT2D eigenvalue weighted by molar-refractivity contribution is 5.85. The van der Waals surface area contributed by atoms with Gasteiger partial charge in [-0.3, -0.25) is 4.79 Å². The van der Waals surface area contributed by atoms with Gasteiger partial charge < -0.3 is 15.4 Å². The van der Waals surface area contributed by atoms with E-state index >= 15 is 0 Å². The summed E-state index contributed by atoms with van der Waals surface area (Å²) in [6.45, 7) is 6.49. The Kier molecular flexibility index (Phi) is 3.73. The Hall–Kier alpha value is -0.610. The van der Waals surface area contributed by atoms with E-state index in [-0.39, 0.29) is 11.9 Å². The topological polar surface area (TPSA) is 55.6 Å². The quantitative estimate of drug-likeness (QED) is 0.748. The van der Waals surface area contributed by atoms with Gasteiger partial charge in [-0.2, -0.15) is 0 Å². The fourth-order valence-electron chi connectivity index (χ4n) is 2.79. The second kappa shape index (κ2) is 4.94. The molecule has 2 unspecified atom stereocenters. The van der Waals surface area contributed by atoms with Gasteiger partial charge in [0.05, 0.1) is 0 Å². The first-order chi connectivity index (χ1) is 8.01. The first-order valence-corrected chi connectivity index (χ1v) is 6.70. The number of rotatable bonds is 1. The van der Waals surface area contributed by atoms with E-state index in [9.17, 15) is 4.79 Å². The van der Waals surface area contributed by atoms with Crippen LogP contribution >= 0.6 is 0 Å². The summed E-state index contributed by atoms with van der Waals surface area (Å²) in [6.07, 6.45) is 3.72. The van der Waals surface area contributed by atoms with Crippen LogP contribution in [0.1, 0.15) is 39.5 Å². The van der Waals surface area contributed by atoms with Gasteiger partial charge in [0.2, 0.25) is 0 Å². The molecule has 0 bridgehead atoms. The van der Waals surface area contributed by atoms with Gasteiger partial charge in [0.25, 0.3) is 5.91 Å². The van der Waals surface area contributed by atoms with Crippen molar-refractivity contribution in [3.05, 3.63) is 0 Å². The zero-order valence-corrected chi connectivity index (χ0v) is 10.9. The summed E-state index contributed by atoms with van der Waals surface area (Å²) in [7, 11) is 0. The van der Waals surface area contributed by atoms with E-state index in [0.717, 1.165) is 38.3 Å². The monoisotopic (exact) mass is 240 g/mol. The summed E-state index contributed by atoms with van der Waals surface area (Å²) in [5, 5.41) is 0. The molecule has 2 aliphatic heterocycles. The molecule has 0 aliphatic carbocycles. The lowest BCUT2D eigenvalue weighted by atomic mass is 9.89. The van der Waals surface area contributed by atoms with E-state index in [1.54, 1.807) is 0 Å². The first kappa shape index (κ1) is 12.8. The smallest absolute Gasteiger partial charge is 0.254 e. The van der Waals surface area contributed by atoms with Gasteiger partial charge in [0, 0.05) is 32.2 Å². The second-order valence-corrected chi connectivity index (χ2v) is 5.81. The van der Waals surface area contributed by atoms with Crippen molar-refractivity contribution < 1.29 is 9.53 Å². The van der Waals surface area contributed by atoms with Crippen LogP contribution in [0.25, 0.3) is 0 Å². The zero-order valence-electron chi connectivity index (χ0n) is 10.9. The van der Waals surface area contributed by atoms with Crippen molar-refractivity contribution >= 4 is 5.91 Å². The van der Waals surface area contributed by atoms with E-state index in [4.69, 9.17) is 10.5 Å². The van der Waals surface area contributed by atoms with Gasteiger partial charge in [0.1, 0.15) is 5.60 Å². The number of piperidine rings is 1. The average Bonchev–Trinajstić information content (AvgIpc) is 2.29. The number of likely N-dealkylation sites (tertiary alicyclic amines) is 1. The van der Waals surface area contributed by atoms with Gasteiger partial charge >= 0.3 is 0 Å². The molecule has 4 heteroatoms. The molecule has 0 aromatic rings. The molecule has 98 valence electrons. The van der Waals surface area contributed by atoms with Crippen molar-refractivity contribution in [1.82, 2.24) is 4.90 Å². The number of nitrogens with zero attached hydrogens (tertiary/aromatic N) is 1. The fraction of sp³-hybridized carbons (Fsp3) is 0.923. The lowest BCUT2D eigenvalue weighted by molar-refractivity contribution is -0.164. The molecule has 0 aromatic heterocycles. The van der Waals surface area contributed by atoms with Crippen LogP contribution < -0.4 is 5.73 Å². The third kappa shape index (κ3) is 2.80. The fourth-order valence-corrected chi connectivity index (χ4v) is 2.79. The number of amides is 1. The summed E-state index contributed by atoms with van der Waals surface area (Å²) in [6, 6.07) is 0.0985. The number of ether oxygens (including phenoxy) is 1. The highest BCUT2D eigenvalue weighted by atomic mass is 16.5. The molecule has 1 amide bonds. The third-order valence-corrected chi connectivity index (χ3v) is 4.08. The summed E-state index contributed by atoms with van der Waals surface area (Å²) >= 11 is 0. The summed E-state index contributed by atoms with van der Waals surface area (Å²) in [4.78, 5) is 14.4. The molecule has 2 N–H and O–H groups in total. The first-order valence-electron chi connectivity index (χ1n) is 6.70. The lowest BCUT2D eigenvalue weighted by Crippen LogP contribution is -2.55. The molecule has 2 fully saturated rings. The molecule has 2 heterocycles. The maximum Gasteiger partial charge on any atom is 0.254 e. The minimum Gasteiger partial charge on any atom is -0.365 e. The molecule has 2 saturated heterocycles. The molecule has 0 radical (unpaired) electrons. The Balaban J connectivity index is 1.98. The summed E-state index contributed by atoms with van der Waals surface area (Å²) in [5.41, 5.74) is 5.27. The molecule has 17 heavy (non-hydrogen) atoms. The van der Waals surface area contributed by atoms with Crippen molar-refractivity contribution in [2.75, 3.05) is 19.7 Å². The van der Waals surface area contributed by atoms with Crippen molar-refractivity contribution in [3.63, 3.8) is 0 Å². The minimum atomic E-state index is -0.682. The molecular weight excluding hydrogens is 216 g/mol. The average molecular weight is 240 g/mol. The molecular formula is C13H24N2O2. The highest BCUT2D eigenvalue weighted by Gasteiger charge is 2.41. The number of carbonyl (C=O) groups is 1. The van der Waals surface area contributed by atoms with Crippen LogP contribution in [0.4, 0.5) is 0 Å². The van der Waals surface area contributed by atoms with Gasteiger partial charge in [0.15, 0.2) is 0 Å². The lowest BCUT2D eigenvalue weighted by Gasteiger charge is -2.41. The summed E-state index contributed by atoms with van der Waals surface area (Å²) < 4.78 is 5.71.